The number of benzene rings is 1. The summed E-state index contributed by atoms with van der Waals surface area (Å²) in [7, 11) is 0. The van der Waals surface area contributed by atoms with E-state index in [-0.39, 0.29) is 18.1 Å². The molecule has 0 spiro atoms. The zero-order valence-electron chi connectivity index (χ0n) is 12.4. The molecule has 1 aromatic rings. The maximum atomic E-state index is 6.20. The Morgan fingerprint density at radius 2 is 1.90 bits per heavy atom. The van der Waals surface area contributed by atoms with Crippen LogP contribution in [0.1, 0.15) is 25.3 Å². The van der Waals surface area contributed by atoms with Crippen molar-refractivity contribution >= 4 is 11.4 Å². The molecular weight excluding hydrogens is 250 g/mol. The van der Waals surface area contributed by atoms with Crippen LogP contribution in [0.3, 0.4) is 0 Å². The number of hydrogen-bond donors (Lipinski definition) is 4. The Bertz CT molecular complexity index is 460. The van der Waals surface area contributed by atoms with Crippen LogP contribution < -0.4 is 27.8 Å². The summed E-state index contributed by atoms with van der Waals surface area (Å²) < 4.78 is 0. The molecule has 2 rings (SSSR count). The fourth-order valence-corrected chi connectivity index (χ4v) is 3.16. The third kappa shape index (κ3) is 2.75. The van der Waals surface area contributed by atoms with Crippen molar-refractivity contribution in [2.75, 3.05) is 17.2 Å². The third-order valence-electron chi connectivity index (χ3n) is 4.40. The number of hydrogen-bond acceptors (Lipinski definition) is 5. The quantitative estimate of drug-likeness (QED) is 0.601. The van der Waals surface area contributed by atoms with Crippen LogP contribution in [0.4, 0.5) is 11.4 Å². The van der Waals surface area contributed by atoms with E-state index in [1.54, 1.807) is 0 Å². The highest BCUT2D eigenvalue weighted by Gasteiger charge is 2.38. The van der Waals surface area contributed by atoms with Crippen molar-refractivity contribution < 1.29 is 0 Å². The largest absolute Gasteiger partial charge is 0.399 e. The maximum absolute atomic E-state index is 6.20. The molecule has 1 fully saturated rings. The van der Waals surface area contributed by atoms with Gasteiger partial charge in [0, 0.05) is 42.1 Å². The Labute approximate surface area is 121 Å². The molecular formula is C15H27N5. The lowest BCUT2D eigenvalue weighted by Crippen LogP contribution is -2.53. The molecule has 0 saturated carbocycles. The third-order valence-corrected chi connectivity index (χ3v) is 4.40. The van der Waals surface area contributed by atoms with Gasteiger partial charge in [-0.3, -0.25) is 0 Å². The highest BCUT2D eigenvalue weighted by atomic mass is 15.2. The number of nitrogens with zero attached hydrogens (tertiary/aromatic N) is 1. The number of aryl methyl sites for hydroxylation is 1. The zero-order valence-corrected chi connectivity index (χ0v) is 12.4. The van der Waals surface area contributed by atoms with E-state index in [0.29, 0.717) is 12.6 Å². The minimum Gasteiger partial charge on any atom is -0.399 e. The van der Waals surface area contributed by atoms with Gasteiger partial charge >= 0.3 is 0 Å². The maximum Gasteiger partial charge on any atom is 0.0458 e. The topological polar surface area (TPSA) is 107 Å². The van der Waals surface area contributed by atoms with E-state index in [9.17, 15) is 0 Å². The Balaban J connectivity index is 2.36. The van der Waals surface area contributed by atoms with Gasteiger partial charge in [0.05, 0.1) is 0 Å². The van der Waals surface area contributed by atoms with Gasteiger partial charge in [-0.2, -0.15) is 0 Å². The molecule has 0 aromatic heterocycles. The molecule has 1 saturated heterocycles. The van der Waals surface area contributed by atoms with Gasteiger partial charge in [-0.15, -0.1) is 0 Å². The summed E-state index contributed by atoms with van der Waals surface area (Å²) in [6.07, 6.45) is 2.09. The number of nitrogen functional groups attached to an aromatic ring is 1. The molecule has 1 aromatic carbocycles. The fourth-order valence-electron chi connectivity index (χ4n) is 3.16. The molecule has 1 aliphatic rings. The van der Waals surface area contributed by atoms with Gasteiger partial charge in [-0.05, 0) is 50.5 Å². The van der Waals surface area contributed by atoms with Gasteiger partial charge in [0.25, 0.3) is 0 Å². The van der Waals surface area contributed by atoms with Crippen LogP contribution in [-0.2, 0) is 0 Å². The molecule has 4 atom stereocenters. The van der Waals surface area contributed by atoms with Crippen molar-refractivity contribution in [3.8, 4) is 0 Å². The zero-order chi connectivity index (χ0) is 14.9. The van der Waals surface area contributed by atoms with Gasteiger partial charge in [0.1, 0.15) is 0 Å². The van der Waals surface area contributed by atoms with E-state index < -0.39 is 0 Å². The summed E-state index contributed by atoms with van der Waals surface area (Å²) in [5, 5.41) is 0. The van der Waals surface area contributed by atoms with Crippen molar-refractivity contribution in [3.05, 3.63) is 23.8 Å². The number of rotatable bonds is 4. The Morgan fingerprint density at radius 1 is 1.25 bits per heavy atom. The Kier molecular flexibility index (Phi) is 4.52. The molecule has 5 heteroatoms. The van der Waals surface area contributed by atoms with E-state index in [1.807, 2.05) is 13.0 Å². The standard InChI is InChI=1S/C15H27N5/c1-9-7-11(3-4-12(9)18)20-14(10(2)17)5-6-15(20)13(19)8-16/h3-4,7,10,13-15H,5-6,8,16-19H2,1-2H3. The minimum absolute atomic E-state index is 0.0309. The smallest absolute Gasteiger partial charge is 0.0458 e. The van der Waals surface area contributed by atoms with Crippen LogP contribution in [0.2, 0.25) is 0 Å². The lowest BCUT2D eigenvalue weighted by atomic mass is 10.1. The monoisotopic (exact) mass is 277 g/mol. The predicted octanol–water partition coefficient (Wildman–Crippen LogP) is 0.548. The Hall–Kier alpha value is -1.30. The van der Waals surface area contributed by atoms with Crippen molar-refractivity contribution in [3.63, 3.8) is 0 Å². The summed E-state index contributed by atoms with van der Waals surface area (Å²) in [6, 6.07) is 6.75. The molecule has 112 valence electrons. The molecule has 1 aliphatic heterocycles. The molecule has 1 heterocycles. The van der Waals surface area contributed by atoms with Gasteiger partial charge in [0.2, 0.25) is 0 Å². The minimum atomic E-state index is -0.0309. The summed E-state index contributed by atoms with van der Waals surface area (Å²) >= 11 is 0. The van der Waals surface area contributed by atoms with Gasteiger partial charge in [-0.1, -0.05) is 0 Å². The van der Waals surface area contributed by atoms with Crippen molar-refractivity contribution in [1.29, 1.82) is 0 Å². The summed E-state index contributed by atoms with van der Waals surface area (Å²) in [6.45, 7) is 4.56. The van der Waals surface area contributed by atoms with Crippen LogP contribution in [0.5, 0.6) is 0 Å². The molecule has 20 heavy (non-hydrogen) atoms. The summed E-state index contributed by atoms with van der Waals surface area (Å²) in [5.74, 6) is 0. The lowest BCUT2D eigenvalue weighted by Gasteiger charge is -2.37. The second kappa shape index (κ2) is 5.99. The molecule has 4 unspecified atom stereocenters. The lowest BCUT2D eigenvalue weighted by molar-refractivity contribution is 0.499. The predicted molar refractivity (Wildman–Crippen MR) is 85.6 cm³/mol. The van der Waals surface area contributed by atoms with Crippen LogP contribution in [0, 0.1) is 6.92 Å². The van der Waals surface area contributed by atoms with Crippen LogP contribution in [0.25, 0.3) is 0 Å². The van der Waals surface area contributed by atoms with E-state index in [4.69, 9.17) is 22.9 Å². The molecule has 0 radical (unpaired) electrons. The fraction of sp³-hybridized carbons (Fsp3) is 0.600. The van der Waals surface area contributed by atoms with Gasteiger partial charge in [0.15, 0.2) is 0 Å². The van der Waals surface area contributed by atoms with Crippen molar-refractivity contribution in [2.45, 2.75) is 50.9 Å². The van der Waals surface area contributed by atoms with Crippen LogP contribution in [0.15, 0.2) is 18.2 Å². The molecule has 5 nitrogen and oxygen atoms in total. The molecule has 0 bridgehead atoms. The average Bonchev–Trinajstić information content (AvgIpc) is 2.86. The molecule has 8 N–H and O–H groups in total. The SMILES string of the molecule is Cc1cc(N2C(C(C)N)CCC2C(N)CN)ccc1N. The average molecular weight is 277 g/mol. The molecule has 0 aliphatic carbocycles. The van der Waals surface area contributed by atoms with Gasteiger partial charge in [-0.25, -0.2) is 0 Å². The number of anilines is 2. The first kappa shape index (κ1) is 15.1. The van der Waals surface area contributed by atoms with Crippen molar-refractivity contribution in [1.82, 2.24) is 0 Å². The second-order valence-corrected chi connectivity index (χ2v) is 5.92. The first-order valence-corrected chi connectivity index (χ1v) is 7.31. The second-order valence-electron chi connectivity index (χ2n) is 5.92. The van der Waals surface area contributed by atoms with E-state index in [1.165, 1.54) is 0 Å². The van der Waals surface area contributed by atoms with E-state index in [0.717, 1.165) is 29.8 Å². The first-order valence-electron chi connectivity index (χ1n) is 7.31. The normalized spacial score (nSPS) is 25.8. The Morgan fingerprint density at radius 3 is 2.45 bits per heavy atom. The van der Waals surface area contributed by atoms with E-state index in [2.05, 4.69) is 24.0 Å². The molecule has 0 amide bonds. The number of nitrogens with two attached hydrogens (primary N) is 4. The van der Waals surface area contributed by atoms with Crippen LogP contribution in [-0.4, -0.2) is 30.7 Å². The van der Waals surface area contributed by atoms with Crippen LogP contribution >= 0.6 is 0 Å². The summed E-state index contributed by atoms with van der Waals surface area (Å²) in [5.41, 5.74) is 27.1. The first-order chi connectivity index (χ1) is 9.45. The van der Waals surface area contributed by atoms with Gasteiger partial charge < -0.3 is 27.8 Å². The highest BCUT2D eigenvalue weighted by molar-refractivity contribution is 5.60. The van der Waals surface area contributed by atoms with E-state index >= 15 is 0 Å². The van der Waals surface area contributed by atoms with Crippen molar-refractivity contribution in [2.24, 2.45) is 17.2 Å². The highest BCUT2D eigenvalue weighted by Crippen LogP contribution is 2.34. The summed E-state index contributed by atoms with van der Waals surface area (Å²) in [4.78, 5) is 2.36.